The predicted molar refractivity (Wildman–Crippen MR) is 67.7 cm³/mol. The number of ether oxygens (including phenoxy) is 2. The summed E-state index contributed by atoms with van der Waals surface area (Å²) in [5, 5.41) is 3.26. The molecule has 5 heteroatoms. The van der Waals surface area contributed by atoms with Gasteiger partial charge in [-0.25, -0.2) is 4.79 Å². The normalized spacial score (nSPS) is 17.7. The summed E-state index contributed by atoms with van der Waals surface area (Å²) in [4.78, 5) is 10.4. The summed E-state index contributed by atoms with van der Waals surface area (Å²) >= 11 is 0. The van der Waals surface area contributed by atoms with Crippen molar-refractivity contribution in [2.75, 3.05) is 26.3 Å². The van der Waals surface area contributed by atoms with Crippen LogP contribution < -0.4 is 15.8 Å². The van der Waals surface area contributed by atoms with Crippen LogP contribution in [0.2, 0.25) is 0 Å². The fourth-order valence-electron chi connectivity index (χ4n) is 2.13. The van der Waals surface area contributed by atoms with Crippen molar-refractivity contribution >= 4 is 6.09 Å². The first-order chi connectivity index (χ1) is 8.77. The minimum atomic E-state index is -0.729. The molecule has 98 valence electrons. The molecule has 1 heterocycles. The van der Waals surface area contributed by atoms with Gasteiger partial charge in [-0.15, -0.1) is 0 Å². The van der Waals surface area contributed by atoms with Gasteiger partial charge < -0.3 is 20.5 Å². The number of benzene rings is 1. The maximum absolute atomic E-state index is 10.4. The van der Waals surface area contributed by atoms with Crippen LogP contribution in [0.3, 0.4) is 0 Å². The molecule has 18 heavy (non-hydrogen) atoms. The molecule has 1 aromatic rings. The van der Waals surface area contributed by atoms with Crippen LogP contribution in [0, 0.1) is 0 Å². The van der Waals surface area contributed by atoms with Crippen molar-refractivity contribution in [1.82, 2.24) is 5.32 Å². The molecule has 1 unspecified atom stereocenters. The number of rotatable bonds is 5. The Morgan fingerprint density at radius 2 is 2.33 bits per heavy atom. The minimum absolute atomic E-state index is 0.306. The Balaban J connectivity index is 1.79. The molecule has 1 aliphatic heterocycles. The van der Waals surface area contributed by atoms with E-state index in [1.807, 2.05) is 18.2 Å². The molecule has 0 fully saturated rings. The van der Waals surface area contributed by atoms with Gasteiger partial charge in [-0.1, -0.05) is 18.2 Å². The predicted octanol–water partition coefficient (Wildman–Crippen LogP) is 1.24. The number of para-hydroxylation sites is 1. The zero-order chi connectivity index (χ0) is 12.8. The molecule has 0 bridgehead atoms. The third kappa shape index (κ3) is 3.37. The highest BCUT2D eigenvalue weighted by molar-refractivity contribution is 5.64. The Morgan fingerprint density at radius 1 is 1.50 bits per heavy atom. The van der Waals surface area contributed by atoms with Crippen molar-refractivity contribution in [3.63, 3.8) is 0 Å². The molecule has 0 aliphatic carbocycles. The minimum Gasteiger partial charge on any atom is -0.493 e. The molecule has 0 aromatic heterocycles. The lowest BCUT2D eigenvalue weighted by atomic mass is 9.93. The maximum Gasteiger partial charge on any atom is 0.404 e. The number of primary amides is 1. The Morgan fingerprint density at radius 3 is 3.17 bits per heavy atom. The van der Waals surface area contributed by atoms with Gasteiger partial charge in [-0.05, 0) is 18.1 Å². The molecule has 1 amide bonds. The summed E-state index contributed by atoms with van der Waals surface area (Å²) in [6.07, 6.45) is 0.272. The van der Waals surface area contributed by atoms with E-state index >= 15 is 0 Å². The van der Waals surface area contributed by atoms with Crippen LogP contribution in [-0.2, 0) is 4.74 Å². The summed E-state index contributed by atoms with van der Waals surface area (Å²) in [6.45, 7) is 2.52. The average Bonchev–Trinajstić information content (AvgIpc) is 2.38. The second-order valence-electron chi connectivity index (χ2n) is 4.24. The monoisotopic (exact) mass is 250 g/mol. The largest absolute Gasteiger partial charge is 0.493 e. The molecule has 1 atom stereocenters. The summed E-state index contributed by atoms with van der Waals surface area (Å²) < 4.78 is 10.3. The van der Waals surface area contributed by atoms with Crippen LogP contribution in [0.1, 0.15) is 17.9 Å². The number of hydrogen-bond acceptors (Lipinski definition) is 4. The quantitative estimate of drug-likeness (QED) is 0.771. The van der Waals surface area contributed by atoms with E-state index in [0.29, 0.717) is 19.1 Å². The van der Waals surface area contributed by atoms with E-state index in [-0.39, 0.29) is 0 Å². The lowest BCUT2D eigenvalue weighted by molar-refractivity contribution is 0.157. The number of carbonyl (C=O) groups excluding carboxylic acids is 1. The van der Waals surface area contributed by atoms with E-state index in [4.69, 9.17) is 10.5 Å². The van der Waals surface area contributed by atoms with Gasteiger partial charge in [0.25, 0.3) is 0 Å². The number of nitrogens with one attached hydrogen (secondary N) is 1. The first kappa shape index (κ1) is 12.7. The Kier molecular flexibility index (Phi) is 4.41. The molecule has 2 rings (SSSR count). The Labute approximate surface area is 106 Å². The van der Waals surface area contributed by atoms with Crippen LogP contribution >= 0.6 is 0 Å². The molecule has 0 spiro atoms. The van der Waals surface area contributed by atoms with Gasteiger partial charge in [0.15, 0.2) is 0 Å². The summed E-state index contributed by atoms with van der Waals surface area (Å²) in [7, 11) is 0. The van der Waals surface area contributed by atoms with Crippen LogP contribution in [0.25, 0.3) is 0 Å². The van der Waals surface area contributed by atoms with Gasteiger partial charge >= 0.3 is 6.09 Å². The van der Waals surface area contributed by atoms with E-state index in [2.05, 4.69) is 16.1 Å². The number of nitrogens with two attached hydrogens (primary N) is 1. The summed E-state index contributed by atoms with van der Waals surface area (Å²) in [5.41, 5.74) is 6.12. The average molecular weight is 250 g/mol. The standard InChI is InChI=1S/C13H18N2O3/c14-13(16)18-8-6-15-9-10-5-7-17-12-4-2-1-3-11(10)12/h1-4,10,15H,5-9H2,(H2,14,16). The van der Waals surface area contributed by atoms with Gasteiger partial charge in [0.1, 0.15) is 12.4 Å². The molecule has 3 N–H and O–H groups in total. The lowest BCUT2D eigenvalue weighted by Crippen LogP contribution is -2.29. The second-order valence-corrected chi connectivity index (χ2v) is 4.24. The second kappa shape index (κ2) is 6.26. The van der Waals surface area contributed by atoms with E-state index in [9.17, 15) is 4.79 Å². The first-order valence-electron chi connectivity index (χ1n) is 6.12. The highest BCUT2D eigenvalue weighted by Gasteiger charge is 2.20. The van der Waals surface area contributed by atoms with Crippen molar-refractivity contribution in [2.45, 2.75) is 12.3 Å². The smallest absolute Gasteiger partial charge is 0.404 e. The lowest BCUT2D eigenvalue weighted by Gasteiger charge is -2.26. The SMILES string of the molecule is NC(=O)OCCNCC1CCOc2ccccc21. The molecule has 0 saturated heterocycles. The van der Waals surface area contributed by atoms with Crippen LogP contribution in [0.15, 0.2) is 24.3 Å². The molecule has 0 radical (unpaired) electrons. The Hall–Kier alpha value is -1.75. The number of carbonyl (C=O) groups is 1. The van der Waals surface area contributed by atoms with Crippen molar-refractivity contribution in [1.29, 1.82) is 0 Å². The van der Waals surface area contributed by atoms with Gasteiger partial charge in [0.05, 0.1) is 6.61 Å². The number of fused-ring (bicyclic) bond motifs is 1. The fraction of sp³-hybridized carbons (Fsp3) is 0.462. The van der Waals surface area contributed by atoms with E-state index in [0.717, 1.165) is 25.3 Å². The van der Waals surface area contributed by atoms with Crippen molar-refractivity contribution < 1.29 is 14.3 Å². The molecular weight excluding hydrogens is 232 g/mol. The number of amides is 1. The van der Waals surface area contributed by atoms with Gasteiger partial charge in [0, 0.05) is 19.0 Å². The highest BCUT2D eigenvalue weighted by Crippen LogP contribution is 2.32. The summed E-state index contributed by atoms with van der Waals surface area (Å²) in [5.74, 6) is 1.42. The summed E-state index contributed by atoms with van der Waals surface area (Å²) in [6, 6.07) is 8.10. The Bertz CT molecular complexity index is 409. The molecule has 5 nitrogen and oxygen atoms in total. The van der Waals surface area contributed by atoms with Crippen molar-refractivity contribution in [3.8, 4) is 5.75 Å². The van der Waals surface area contributed by atoms with Crippen LogP contribution in [0.4, 0.5) is 4.79 Å². The third-order valence-electron chi connectivity index (χ3n) is 3.00. The van der Waals surface area contributed by atoms with E-state index < -0.39 is 6.09 Å². The third-order valence-corrected chi connectivity index (χ3v) is 3.00. The van der Waals surface area contributed by atoms with Gasteiger partial charge in [-0.3, -0.25) is 0 Å². The fourth-order valence-corrected chi connectivity index (χ4v) is 2.13. The maximum atomic E-state index is 10.4. The zero-order valence-corrected chi connectivity index (χ0v) is 10.2. The zero-order valence-electron chi connectivity index (χ0n) is 10.2. The van der Waals surface area contributed by atoms with Crippen LogP contribution in [0.5, 0.6) is 5.75 Å². The van der Waals surface area contributed by atoms with E-state index in [1.165, 1.54) is 5.56 Å². The van der Waals surface area contributed by atoms with Crippen molar-refractivity contribution in [3.05, 3.63) is 29.8 Å². The first-order valence-corrected chi connectivity index (χ1v) is 6.12. The molecule has 1 aliphatic rings. The van der Waals surface area contributed by atoms with Gasteiger partial charge in [0.2, 0.25) is 0 Å². The van der Waals surface area contributed by atoms with Gasteiger partial charge in [-0.2, -0.15) is 0 Å². The topological polar surface area (TPSA) is 73.6 Å². The number of hydrogen-bond donors (Lipinski definition) is 2. The highest BCUT2D eigenvalue weighted by atomic mass is 16.5. The van der Waals surface area contributed by atoms with E-state index in [1.54, 1.807) is 0 Å². The molecular formula is C13H18N2O3. The molecule has 1 aromatic carbocycles. The van der Waals surface area contributed by atoms with Crippen molar-refractivity contribution in [2.24, 2.45) is 5.73 Å². The van der Waals surface area contributed by atoms with Crippen LogP contribution in [-0.4, -0.2) is 32.4 Å². The molecule has 0 saturated carbocycles.